The fourth-order valence-corrected chi connectivity index (χ4v) is 5.21. The first-order valence-electron chi connectivity index (χ1n) is 12.7. The summed E-state index contributed by atoms with van der Waals surface area (Å²) in [5.74, 6) is 0.0630. The summed E-state index contributed by atoms with van der Waals surface area (Å²) in [7, 11) is -1.94. The molecule has 42 heavy (non-hydrogen) atoms. The van der Waals surface area contributed by atoms with Crippen LogP contribution >= 0.6 is 22.6 Å². The summed E-state index contributed by atoms with van der Waals surface area (Å²) in [5, 5.41) is 5.98. The molecule has 2 N–H and O–H groups in total. The molecule has 0 saturated heterocycles. The summed E-state index contributed by atoms with van der Waals surface area (Å²) in [6.07, 6.45) is 8.90. The number of hydrogen-bond acceptors (Lipinski definition) is 5. The molecule has 0 heterocycles. The number of nitrogens with one attached hydrogen (secondary N) is 2. The van der Waals surface area contributed by atoms with E-state index in [4.69, 9.17) is 4.74 Å². The van der Waals surface area contributed by atoms with E-state index in [1.165, 1.54) is 37.6 Å². The number of halogens is 2. The number of hydrogen-bond donors (Lipinski definition) is 2. The Kier molecular flexibility index (Phi) is 10.1. The quantitative estimate of drug-likeness (QED) is 0.117. The first kappa shape index (κ1) is 30.8. The Bertz CT molecular complexity index is 1710. The van der Waals surface area contributed by atoms with Crippen LogP contribution < -0.4 is 15.4 Å². The van der Waals surface area contributed by atoms with Gasteiger partial charge in [0, 0.05) is 36.3 Å². The van der Waals surface area contributed by atoms with E-state index in [0.29, 0.717) is 23.5 Å². The molecule has 1 aliphatic rings. The molecule has 1 unspecified atom stereocenters. The van der Waals surface area contributed by atoms with Crippen LogP contribution in [0.3, 0.4) is 0 Å². The Balaban J connectivity index is 1.41. The molecule has 1 aliphatic carbocycles. The number of rotatable bonds is 8. The topological polar surface area (TPSA) is 109 Å². The van der Waals surface area contributed by atoms with Crippen molar-refractivity contribution in [1.29, 1.82) is 0 Å². The van der Waals surface area contributed by atoms with Gasteiger partial charge in [-0.1, -0.05) is 65.6 Å². The van der Waals surface area contributed by atoms with Crippen molar-refractivity contribution in [3.63, 3.8) is 0 Å². The number of carbonyl (C=O) groups is 1. The number of anilines is 2. The highest BCUT2D eigenvalue weighted by molar-refractivity contribution is 14.1. The molecule has 3 aromatic rings. The van der Waals surface area contributed by atoms with Crippen LogP contribution in [0.15, 0.2) is 113 Å². The van der Waals surface area contributed by atoms with E-state index in [9.17, 15) is 17.6 Å². The fraction of sp³-hybridized carbons (Fsp3) is 0.129. The Hall–Kier alpha value is -4.10. The number of sulfone groups is 1. The normalized spacial score (nSPS) is 15.1. The van der Waals surface area contributed by atoms with Crippen molar-refractivity contribution in [2.75, 3.05) is 24.0 Å². The smallest absolute Gasteiger partial charge is 0.241 e. The van der Waals surface area contributed by atoms with E-state index in [0.717, 1.165) is 28.7 Å². The Morgan fingerprint density at radius 2 is 1.79 bits per heavy atom. The summed E-state index contributed by atoms with van der Waals surface area (Å²) >= 11 is 2.03. The highest BCUT2D eigenvalue weighted by atomic mass is 127. The highest BCUT2D eigenvalue weighted by Crippen LogP contribution is 2.29. The predicted octanol–water partition coefficient (Wildman–Crippen LogP) is 6.75. The molecule has 0 spiro atoms. The minimum Gasteiger partial charge on any atom is -0.495 e. The van der Waals surface area contributed by atoms with Crippen molar-refractivity contribution in [3.05, 3.63) is 115 Å². The van der Waals surface area contributed by atoms with E-state index in [2.05, 4.69) is 27.2 Å². The molecule has 0 fully saturated rings. The molecular weight excluding hydrogens is 670 g/mol. The number of allylic oxidation sites excluding steroid dienone is 4. The van der Waals surface area contributed by atoms with Crippen LogP contribution in [0.4, 0.5) is 15.8 Å². The van der Waals surface area contributed by atoms with E-state index >= 15 is 0 Å². The second kappa shape index (κ2) is 13.7. The van der Waals surface area contributed by atoms with Crippen molar-refractivity contribution in [2.24, 2.45) is 9.98 Å². The van der Waals surface area contributed by atoms with Crippen LogP contribution in [0, 0.1) is 5.82 Å². The average molecular weight is 699 g/mol. The minimum atomic E-state index is -3.39. The first-order chi connectivity index (χ1) is 20.1. The largest absolute Gasteiger partial charge is 0.495 e. The van der Waals surface area contributed by atoms with Gasteiger partial charge in [0.15, 0.2) is 9.84 Å². The molecular formula is C31H28FIN4O4S. The third-order valence-electron chi connectivity index (χ3n) is 6.18. The number of methoxy groups -OCH3 is 1. The van der Waals surface area contributed by atoms with Gasteiger partial charge in [0.1, 0.15) is 15.5 Å². The van der Waals surface area contributed by atoms with Gasteiger partial charge >= 0.3 is 0 Å². The number of carbonyl (C=O) groups excluding carboxylic acids is 1. The van der Waals surface area contributed by atoms with Crippen molar-refractivity contribution in [3.8, 4) is 5.75 Å². The van der Waals surface area contributed by atoms with Gasteiger partial charge < -0.3 is 15.4 Å². The van der Waals surface area contributed by atoms with E-state index < -0.39 is 13.8 Å². The van der Waals surface area contributed by atoms with Gasteiger partial charge in [0.25, 0.3) is 0 Å². The molecule has 0 aliphatic heterocycles. The van der Waals surface area contributed by atoms with Gasteiger partial charge in [-0.3, -0.25) is 4.79 Å². The van der Waals surface area contributed by atoms with Crippen LogP contribution in [0.1, 0.15) is 21.5 Å². The van der Waals surface area contributed by atoms with E-state index in [1.807, 2.05) is 65.1 Å². The highest BCUT2D eigenvalue weighted by Gasteiger charge is 2.18. The summed E-state index contributed by atoms with van der Waals surface area (Å²) in [6, 6.07) is 17.9. The number of aliphatic imine (C=N–C) groups is 2. The number of amides is 1. The molecule has 1 atom stereocenters. The van der Waals surface area contributed by atoms with Crippen LogP contribution in [-0.4, -0.2) is 39.4 Å². The maximum atomic E-state index is 13.2. The van der Waals surface area contributed by atoms with Crippen molar-refractivity contribution >= 4 is 67.0 Å². The Morgan fingerprint density at radius 1 is 1.07 bits per heavy atom. The molecule has 0 radical (unpaired) electrons. The number of ether oxygens (including phenoxy) is 1. The molecule has 11 heteroatoms. The second-order valence-electron chi connectivity index (χ2n) is 9.18. The van der Waals surface area contributed by atoms with Gasteiger partial charge in [-0.05, 0) is 59.2 Å². The molecule has 4 rings (SSSR count). The Labute approximate surface area is 257 Å². The fourth-order valence-electron chi connectivity index (χ4n) is 4.01. The SMILES string of the molecule is C=C/N=C(\N=C1\C=CC(c2ccc(NC(=O)C(I)c3ccc(F)cc3)cc2)=CC1)Nc1ccc(S(C)(=O)=O)cc1OC. The van der Waals surface area contributed by atoms with Gasteiger partial charge in [0.05, 0.1) is 17.7 Å². The summed E-state index contributed by atoms with van der Waals surface area (Å²) < 4.78 is 41.9. The Morgan fingerprint density at radius 3 is 2.38 bits per heavy atom. The summed E-state index contributed by atoms with van der Waals surface area (Å²) in [6.45, 7) is 3.65. The molecule has 3 aromatic carbocycles. The minimum absolute atomic E-state index is 0.140. The van der Waals surface area contributed by atoms with Crippen LogP contribution in [0.2, 0.25) is 0 Å². The van der Waals surface area contributed by atoms with E-state index in [-0.39, 0.29) is 22.6 Å². The molecule has 0 aromatic heterocycles. The predicted molar refractivity (Wildman–Crippen MR) is 175 cm³/mol. The van der Waals surface area contributed by atoms with Crippen molar-refractivity contribution < 1.29 is 22.3 Å². The second-order valence-corrected chi connectivity index (χ2v) is 12.4. The lowest BCUT2D eigenvalue weighted by Gasteiger charge is -2.14. The van der Waals surface area contributed by atoms with Crippen LogP contribution in [0.25, 0.3) is 5.57 Å². The lowest BCUT2D eigenvalue weighted by atomic mass is 9.98. The third kappa shape index (κ3) is 8.01. The summed E-state index contributed by atoms with van der Waals surface area (Å²) in [4.78, 5) is 21.6. The standard InChI is InChI=1S/C31H28FIN4O4S/c1-4-34-31(37-27-18-17-26(42(3,39)40)19-28(27)41-2)36-25-15-9-21(10-16-25)20-7-13-24(14-8-20)35-30(38)29(33)22-5-11-23(32)12-6-22/h4-15,17-19,29H,1,16H2,2-3H3,(H,34,37)(H,35,38)/b36-25-. The summed E-state index contributed by atoms with van der Waals surface area (Å²) in [5.41, 5.74) is 4.61. The monoisotopic (exact) mass is 698 g/mol. The van der Waals surface area contributed by atoms with Gasteiger partial charge in [0.2, 0.25) is 11.9 Å². The maximum Gasteiger partial charge on any atom is 0.241 e. The molecule has 1 amide bonds. The lowest BCUT2D eigenvalue weighted by Crippen LogP contribution is -2.16. The lowest BCUT2D eigenvalue weighted by molar-refractivity contribution is -0.115. The molecule has 0 saturated carbocycles. The first-order valence-corrected chi connectivity index (χ1v) is 15.8. The van der Waals surface area contributed by atoms with Crippen molar-refractivity contribution in [1.82, 2.24) is 0 Å². The number of nitrogens with zero attached hydrogens (tertiary/aromatic N) is 2. The number of alkyl halides is 1. The number of guanidine groups is 1. The molecule has 216 valence electrons. The zero-order valence-corrected chi connectivity index (χ0v) is 25.8. The third-order valence-corrected chi connectivity index (χ3v) is 8.57. The average Bonchev–Trinajstić information content (AvgIpc) is 2.97. The number of benzene rings is 3. The van der Waals surface area contributed by atoms with Crippen LogP contribution in [0.5, 0.6) is 5.75 Å². The zero-order chi connectivity index (χ0) is 30.3. The zero-order valence-electron chi connectivity index (χ0n) is 22.8. The van der Waals surface area contributed by atoms with Gasteiger partial charge in [-0.2, -0.15) is 0 Å². The van der Waals surface area contributed by atoms with E-state index in [1.54, 1.807) is 18.2 Å². The van der Waals surface area contributed by atoms with Gasteiger partial charge in [-0.15, -0.1) is 0 Å². The van der Waals surface area contributed by atoms with Crippen LogP contribution in [-0.2, 0) is 14.6 Å². The maximum absolute atomic E-state index is 13.2. The molecule has 8 nitrogen and oxygen atoms in total. The van der Waals surface area contributed by atoms with Gasteiger partial charge in [-0.25, -0.2) is 22.8 Å². The van der Waals surface area contributed by atoms with Crippen molar-refractivity contribution in [2.45, 2.75) is 15.2 Å². The molecule has 0 bridgehead atoms.